The van der Waals surface area contributed by atoms with Gasteiger partial charge in [-0.15, -0.1) is 0 Å². The molecule has 2 aromatic rings. The summed E-state index contributed by atoms with van der Waals surface area (Å²) in [5.74, 6) is 0.719. The van der Waals surface area contributed by atoms with E-state index in [9.17, 15) is 9.90 Å². The van der Waals surface area contributed by atoms with Gasteiger partial charge in [0.05, 0.1) is 31.1 Å². The van der Waals surface area contributed by atoms with Gasteiger partial charge in [0.1, 0.15) is 5.75 Å². The lowest BCUT2D eigenvalue weighted by molar-refractivity contribution is 0.0744. The molecule has 1 aliphatic rings. The first-order valence-corrected chi connectivity index (χ1v) is 8.19. The van der Waals surface area contributed by atoms with Gasteiger partial charge in [-0.2, -0.15) is 5.10 Å². The van der Waals surface area contributed by atoms with E-state index < -0.39 is 6.10 Å². The number of carbonyl (C=O) groups is 1. The predicted molar refractivity (Wildman–Crippen MR) is 89.9 cm³/mol. The number of aromatic nitrogens is 2. The SMILES string of the molecule is COc1cccc(C(=O)N2CCCn3nc([C@H](C)O)cc3C2)c1C. The van der Waals surface area contributed by atoms with Gasteiger partial charge in [0, 0.05) is 24.2 Å². The van der Waals surface area contributed by atoms with Crippen LogP contribution >= 0.6 is 0 Å². The Morgan fingerprint density at radius 3 is 2.88 bits per heavy atom. The first-order valence-electron chi connectivity index (χ1n) is 8.19. The molecule has 1 aromatic carbocycles. The van der Waals surface area contributed by atoms with E-state index in [0.29, 0.717) is 24.3 Å². The Labute approximate surface area is 141 Å². The van der Waals surface area contributed by atoms with Gasteiger partial charge in [-0.25, -0.2) is 0 Å². The van der Waals surface area contributed by atoms with Crippen molar-refractivity contribution in [2.24, 2.45) is 0 Å². The molecule has 3 rings (SSSR count). The number of aliphatic hydroxyl groups is 1. The minimum atomic E-state index is -0.603. The van der Waals surface area contributed by atoms with Crippen LogP contribution in [-0.4, -0.2) is 39.3 Å². The molecule has 0 bridgehead atoms. The second-order valence-electron chi connectivity index (χ2n) is 6.17. The molecule has 0 saturated heterocycles. The smallest absolute Gasteiger partial charge is 0.254 e. The molecular formula is C18H23N3O3. The Balaban J connectivity index is 1.88. The lowest BCUT2D eigenvalue weighted by atomic mass is 10.1. The fourth-order valence-corrected chi connectivity index (χ4v) is 3.10. The summed E-state index contributed by atoms with van der Waals surface area (Å²) in [6.45, 7) is 5.53. The van der Waals surface area contributed by atoms with Crippen molar-refractivity contribution in [3.63, 3.8) is 0 Å². The lowest BCUT2D eigenvalue weighted by Gasteiger charge is -2.21. The molecule has 2 heterocycles. The molecule has 0 radical (unpaired) electrons. The van der Waals surface area contributed by atoms with Crippen molar-refractivity contribution in [3.05, 3.63) is 46.8 Å². The highest BCUT2D eigenvalue weighted by Crippen LogP contribution is 2.24. The van der Waals surface area contributed by atoms with Crippen molar-refractivity contribution in [1.82, 2.24) is 14.7 Å². The molecule has 24 heavy (non-hydrogen) atoms. The van der Waals surface area contributed by atoms with Gasteiger partial charge in [-0.1, -0.05) is 6.07 Å². The highest BCUT2D eigenvalue weighted by molar-refractivity contribution is 5.96. The number of aryl methyl sites for hydroxylation is 1. The third-order valence-corrected chi connectivity index (χ3v) is 4.48. The highest BCUT2D eigenvalue weighted by atomic mass is 16.5. The maximum Gasteiger partial charge on any atom is 0.254 e. The molecule has 1 atom stereocenters. The molecule has 0 unspecified atom stereocenters. The Morgan fingerprint density at radius 2 is 2.17 bits per heavy atom. The van der Waals surface area contributed by atoms with Crippen LogP contribution in [0.25, 0.3) is 0 Å². The van der Waals surface area contributed by atoms with Gasteiger partial charge in [-0.3, -0.25) is 9.48 Å². The topological polar surface area (TPSA) is 67.6 Å². The molecule has 0 fully saturated rings. The molecule has 6 heteroatoms. The van der Waals surface area contributed by atoms with Gasteiger partial charge in [0.15, 0.2) is 0 Å². The molecule has 6 nitrogen and oxygen atoms in total. The van der Waals surface area contributed by atoms with Crippen LogP contribution in [0.4, 0.5) is 0 Å². The number of amides is 1. The molecule has 1 aliphatic heterocycles. The van der Waals surface area contributed by atoms with Crippen molar-refractivity contribution in [2.75, 3.05) is 13.7 Å². The fourth-order valence-electron chi connectivity index (χ4n) is 3.10. The number of rotatable bonds is 3. The van der Waals surface area contributed by atoms with Crippen molar-refractivity contribution in [1.29, 1.82) is 0 Å². The van der Waals surface area contributed by atoms with E-state index in [-0.39, 0.29) is 5.91 Å². The fraction of sp³-hybridized carbons (Fsp3) is 0.444. The number of fused-ring (bicyclic) bond motifs is 1. The summed E-state index contributed by atoms with van der Waals surface area (Å²) in [6, 6.07) is 7.42. The van der Waals surface area contributed by atoms with E-state index in [1.807, 2.05) is 40.8 Å². The van der Waals surface area contributed by atoms with Gasteiger partial charge in [-0.05, 0) is 38.5 Å². The van der Waals surface area contributed by atoms with E-state index in [0.717, 1.165) is 30.0 Å². The molecule has 1 amide bonds. The zero-order chi connectivity index (χ0) is 17.3. The van der Waals surface area contributed by atoms with Crippen molar-refractivity contribution >= 4 is 5.91 Å². The van der Waals surface area contributed by atoms with Crippen molar-refractivity contribution in [2.45, 2.75) is 39.5 Å². The van der Waals surface area contributed by atoms with Crippen molar-refractivity contribution in [3.8, 4) is 5.75 Å². The highest BCUT2D eigenvalue weighted by Gasteiger charge is 2.24. The number of benzene rings is 1. The molecule has 0 spiro atoms. The Kier molecular flexibility index (Phi) is 4.57. The molecule has 0 aliphatic carbocycles. The number of carbonyl (C=O) groups excluding carboxylic acids is 1. The Hall–Kier alpha value is -2.34. The van der Waals surface area contributed by atoms with Crippen LogP contribution in [0, 0.1) is 6.92 Å². The quantitative estimate of drug-likeness (QED) is 0.938. The monoisotopic (exact) mass is 329 g/mol. The lowest BCUT2D eigenvalue weighted by Crippen LogP contribution is -2.31. The second kappa shape index (κ2) is 6.65. The van der Waals surface area contributed by atoms with Crippen LogP contribution < -0.4 is 4.74 Å². The summed E-state index contributed by atoms with van der Waals surface area (Å²) in [7, 11) is 1.61. The van der Waals surface area contributed by atoms with Crippen molar-refractivity contribution < 1.29 is 14.6 Å². The average molecular weight is 329 g/mol. The van der Waals surface area contributed by atoms with Crippen LogP contribution in [0.15, 0.2) is 24.3 Å². The number of hydrogen-bond donors (Lipinski definition) is 1. The minimum absolute atomic E-state index is 0.000327. The van der Waals surface area contributed by atoms with Crippen LogP contribution in [0.1, 0.15) is 46.8 Å². The summed E-state index contributed by atoms with van der Waals surface area (Å²) in [5, 5.41) is 14.2. The molecular weight excluding hydrogens is 306 g/mol. The number of hydrogen-bond acceptors (Lipinski definition) is 4. The molecule has 1 N–H and O–H groups in total. The number of aliphatic hydroxyl groups excluding tert-OH is 1. The maximum absolute atomic E-state index is 13.0. The minimum Gasteiger partial charge on any atom is -0.496 e. The van der Waals surface area contributed by atoms with E-state index in [1.165, 1.54) is 0 Å². The first kappa shape index (κ1) is 16.5. The third kappa shape index (κ3) is 3.01. The van der Waals surface area contributed by atoms with Gasteiger partial charge < -0.3 is 14.7 Å². The number of ether oxygens (including phenoxy) is 1. The Morgan fingerprint density at radius 1 is 1.38 bits per heavy atom. The zero-order valence-corrected chi connectivity index (χ0v) is 14.3. The standard InChI is InChI=1S/C18H23N3O3/c1-12-15(6-4-7-17(12)24-3)18(23)20-8-5-9-21-14(11-20)10-16(19-21)13(2)22/h4,6-7,10,13,22H,5,8-9,11H2,1-3H3/t13-/m0/s1. The molecule has 0 saturated carbocycles. The largest absolute Gasteiger partial charge is 0.496 e. The summed E-state index contributed by atoms with van der Waals surface area (Å²) >= 11 is 0. The normalized spacial score (nSPS) is 15.6. The second-order valence-corrected chi connectivity index (χ2v) is 6.17. The van der Waals surface area contributed by atoms with Crippen LogP contribution in [0.5, 0.6) is 5.75 Å². The van der Waals surface area contributed by atoms with E-state index >= 15 is 0 Å². The predicted octanol–water partition coefficient (Wildman–Crippen LogP) is 2.30. The summed E-state index contributed by atoms with van der Waals surface area (Å²) in [6.07, 6.45) is 0.233. The molecule has 128 valence electrons. The van der Waals surface area contributed by atoms with Gasteiger partial charge in [0.25, 0.3) is 5.91 Å². The van der Waals surface area contributed by atoms with E-state index in [4.69, 9.17) is 4.74 Å². The van der Waals surface area contributed by atoms with E-state index in [1.54, 1.807) is 14.0 Å². The Bertz CT molecular complexity index is 752. The summed E-state index contributed by atoms with van der Waals surface area (Å²) < 4.78 is 7.22. The zero-order valence-electron chi connectivity index (χ0n) is 14.3. The van der Waals surface area contributed by atoms with Gasteiger partial charge in [0.2, 0.25) is 0 Å². The van der Waals surface area contributed by atoms with Crippen LogP contribution in [0.3, 0.4) is 0 Å². The number of methoxy groups -OCH3 is 1. The maximum atomic E-state index is 13.0. The van der Waals surface area contributed by atoms with Crippen LogP contribution in [-0.2, 0) is 13.1 Å². The van der Waals surface area contributed by atoms with E-state index in [2.05, 4.69) is 5.10 Å². The number of nitrogens with zero attached hydrogens (tertiary/aromatic N) is 3. The first-order chi connectivity index (χ1) is 11.5. The molecule has 1 aromatic heterocycles. The summed E-state index contributed by atoms with van der Waals surface area (Å²) in [5.41, 5.74) is 3.12. The third-order valence-electron chi connectivity index (χ3n) is 4.48. The van der Waals surface area contributed by atoms with Crippen LogP contribution in [0.2, 0.25) is 0 Å². The summed E-state index contributed by atoms with van der Waals surface area (Å²) in [4.78, 5) is 14.8. The van der Waals surface area contributed by atoms with Gasteiger partial charge >= 0.3 is 0 Å². The average Bonchev–Trinajstić information content (AvgIpc) is 2.87.